The molecule has 1 saturated carbocycles. The molecule has 2 aromatic rings. The van der Waals surface area contributed by atoms with Crippen LogP contribution in [-0.4, -0.2) is 31.5 Å². The zero-order chi connectivity index (χ0) is 23.3. The lowest BCUT2D eigenvalue weighted by atomic mass is 9.90. The first-order chi connectivity index (χ1) is 15.8. The first-order valence-electron chi connectivity index (χ1n) is 11.6. The van der Waals surface area contributed by atoms with E-state index in [-0.39, 0.29) is 17.3 Å². The third kappa shape index (κ3) is 3.78. The smallest absolute Gasteiger partial charge is 0.283 e. The number of rotatable bonds is 3. The Labute approximate surface area is 199 Å². The van der Waals surface area contributed by atoms with E-state index in [0.717, 1.165) is 40.5 Å². The SMILES string of the molecule is Cc1cccc(-n2c(C)cc(/C=C3/C(=N)N4N=C(C5CCCCC5)SC4=NC3=O)c2C)c1C. The van der Waals surface area contributed by atoms with E-state index in [9.17, 15) is 4.79 Å². The van der Waals surface area contributed by atoms with Gasteiger partial charge in [-0.2, -0.15) is 15.1 Å². The van der Waals surface area contributed by atoms with Gasteiger partial charge < -0.3 is 4.57 Å². The van der Waals surface area contributed by atoms with E-state index in [1.165, 1.54) is 42.2 Å². The number of nitrogens with zero attached hydrogens (tertiary/aromatic N) is 4. The molecule has 1 aliphatic carbocycles. The van der Waals surface area contributed by atoms with Crippen LogP contribution in [0.1, 0.15) is 60.2 Å². The van der Waals surface area contributed by atoms with Gasteiger partial charge in [-0.05, 0) is 87.2 Å². The van der Waals surface area contributed by atoms with Crippen molar-refractivity contribution in [3.05, 3.63) is 57.9 Å². The Bertz CT molecular complexity index is 1260. The number of aromatic nitrogens is 1. The number of amides is 1. The van der Waals surface area contributed by atoms with Crippen molar-refractivity contribution in [2.24, 2.45) is 16.0 Å². The van der Waals surface area contributed by atoms with Crippen molar-refractivity contribution in [2.45, 2.75) is 59.8 Å². The molecule has 0 atom stereocenters. The van der Waals surface area contributed by atoms with E-state index in [0.29, 0.717) is 11.1 Å². The van der Waals surface area contributed by atoms with Crippen molar-refractivity contribution >= 4 is 39.8 Å². The van der Waals surface area contributed by atoms with E-state index in [2.05, 4.69) is 61.5 Å². The van der Waals surface area contributed by atoms with Gasteiger partial charge in [-0.1, -0.05) is 31.4 Å². The second-order valence-corrected chi connectivity index (χ2v) is 10.2. The second kappa shape index (κ2) is 8.45. The summed E-state index contributed by atoms with van der Waals surface area (Å²) in [6.07, 6.45) is 7.76. The van der Waals surface area contributed by atoms with Crippen molar-refractivity contribution in [3.63, 3.8) is 0 Å². The number of benzene rings is 1. The van der Waals surface area contributed by atoms with E-state index >= 15 is 0 Å². The van der Waals surface area contributed by atoms with Gasteiger partial charge in [0.2, 0.25) is 5.17 Å². The molecule has 170 valence electrons. The monoisotopic (exact) mass is 459 g/mol. The van der Waals surface area contributed by atoms with Crippen molar-refractivity contribution < 1.29 is 4.79 Å². The van der Waals surface area contributed by atoms with E-state index < -0.39 is 0 Å². The van der Waals surface area contributed by atoms with Crippen LogP contribution in [0.15, 0.2) is 39.9 Å². The third-order valence-corrected chi connectivity index (χ3v) is 8.08. The molecule has 0 spiro atoms. The van der Waals surface area contributed by atoms with Crippen LogP contribution in [0.25, 0.3) is 11.8 Å². The molecule has 6 nitrogen and oxygen atoms in total. The average molecular weight is 460 g/mol. The number of carbonyl (C=O) groups excluding carboxylic acids is 1. The highest BCUT2D eigenvalue weighted by molar-refractivity contribution is 8.27. The van der Waals surface area contributed by atoms with Crippen LogP contribution in [0.4, 0.5) is 0 Å². The summed E-state index contributed by atoms with van der Waals surface area (Å²) in [5, 5.41) is 16.5. The van der Waals surface area contributed by atoms with Crippen LogP contribution in [0.5, 0.6) is 0 Å². The summed E-state index contributed by atoms with van der Waals surface area (Å²) in [6, 6.07) is 8.37. The van der Waals surface area contributed by atoms with Crippen molar-refractivity contribution in [2.75, 3.05) is 0 Å². The highest BCUT2D eigenvalue weighted by Gasteiger charge is 2.38. The lowest BCUT2D eigenvalue weighted by Crippen LogP contribution is -2.35. The maximum Gasteiger partial charge on any atom is 0.283 e. The molecule has 1 fully saturated rings. The number of aryl methyl sites for hydroxylation is 2. The van der Waals surface area contributed by atoms with Crippen LogP contribution in [-0.2, 0) is 4.79 Å². The van der Waals surface area contributed by atoms with Crippen LogP contribution >= 0.6 is 11.8 Å². The molecule has 1 N–H and O–H groups in total. The highest BCUT2D eigenvalue weighted by Crippen LogP contribution is 2.36. The maximum atomic E-state index is 12.9. The van der Waals surface area contributed by atoms with Crippen LogP contribution in [0, 0.1) is 39.0 Å². The Hall–Kier alpha value is -2.93. The third-order valence-electron chi connectivity index (χ3n) is 7.01. The Morgan fingerprint density at radius 2 is 1.88 bits per heavy atom. The second-order valence-electron chi connectivity index (χ2n) is 9.17. The molecular formula is C26H29N5OS. The molecule has 0 bridgehead atoms. The quantitative estimate of drug-likeness (QED) is 0.580. The minimum absolute atomic E-state index is 0.111. The van der Waals surface area contributed by atoms with Gasteiger partial charge in [0.15, 0.2) is 5.84 Å². The highest BCUT2D eigenvalue weighted by atomic mass is 32.2. The Balaban J connectivity index is 1.49. The molecular weight excluding hydrogens is 430 g/mol. The van der Waals surface area contributed by atoms with Crippen LogP contribution in [0.3, 0.4) is 0 Å². The van der Waals surface area contributed by atoms with Gasteiger partial charge in [-0.15, -0.1) is 0 Å². The summed E-state index contributed by atoms with van der Waals surface area (Å²) in [6.45, 7) is 8.37. The molecule has 0 radical (unpaired) electrons. The fourth-order valence-electron chi connectivity index (χ4n) is 4.96. The van der Waals surface area contributed by atoms with Crippen molar-refractivity contribution in [1.29, 1.82) is 5.41 Å². The Morgan fingerprint density at radius 1 is 1.12 bits per heavy atom. The molecule has 3 heterocycles. The van der Waals surface area contributed by atoms with E-state index in [4.69, 9.17) is 10.5 Å². The lowest BCUT2D eigenvalue weighted by Gasteiger charge is -2.20. The van der Waals surface area contributed by atoms with Gasteiger partial charge >= 0.3 is 0 Å². The normalized spacial score (nSPS) is 20.4. The number of amidine groups is 2. The van der Waals surface area contributed by atoms with E-state index in [1.54, 1.807) is 11.1 Å². The molecule has 0 saturated heterocycles. The molecule has 5 rings (SSSR count). The number of hydrazone groups is 1. The molecule has 33 heavy (non-hydrogen) atoms. The first kappa shape index (κ1) is 21.9. The summed E-state index contributed by atoms with van der Waals surface area (Å²) < 4.78 is 2.21. The predicted molar refractivity (Wildman–Crippen MR) is 136 cm³/mol. The van der Waals surface area contributed by atoms with Gasteiger partial charge in [0.1, 0.15) is 5.04 Å². The summed E-state index contributed by atoms with van der Waals surface area (Å²) in [5.74, 6) is 0.166. The number of hydrogen-bond donors (Lipinski definition) is 1. The maximum absolute atomic E-state index is 12.9. The molecule has 1 aromatic heterocycles. The molecule has 0 unspecified atom stereocenters. The Morgan fingerprint density at radius 3 is 2.64 bits per heavy atom. The number of nitrogens with one attached hydrogen (secondary N) is 1. The predicted octanol–water partition coefficient (Wildman–Crippen LogP) is 5.91. The van der Waals surface area contributed by atoms with Gasteiger partial charge in [0.05, 0.1) is 5.57 Å². The fraction of sp³-hybridized carbons (Fsp3) is 0.385. The number of hydrogen-bond acceptors (Lipinski definition) is 4. The number of fused-ring (bicyclic) bond motifs is 1. The molecule has 2 aliphatic heterocycles. The standard InChI is InChI=1S/C26H29N5OS/c1-15-9-8-12-22(17(15)3)30-16(2)13-20(18(30)4)14-21-23(27)31-26(28-24(21)32)33-25(29-31)19-10-6-5-7-11-19/h8-9,12-14,19,27H,5-7,10-11H2,1-4H3/b21-14-,27-23?. The topological polar surface area (TPSA) is 73.8 Å². The number of carbonyl (C=O) groups is 1. The van der Waals surface area contributed by atoms with Crippen LogP contribution < -0.4 is 0 Å². The first-order valence-corrected chi connectivity index (χ1v) is 12.4. The molecule has 1 amide bonds. The summed E-state index contributed by atoms with van der Waals surface area (Å²) in [5.41, 5.74) is 6.93. The fourth-order valence-corrected chi connectivity index (χ4v) is 6.02. The van der Waals surface area contributed by atoms with Crippen LogP contribution in [0.2, 0.25) is 0 Å². The average Bonchev–Trinajstić information content (AvgIpc) is 3.34. The largest absolute Gasteiger partial charge is 0.318 e. The van der Waals surface area contributed by atoms with Gasteiger partial charge in [-0.3, -0.25) is 10.2 Å². The van der Waals surface area contributed by atoms with Gasteiger partial charge in [0.25, 0.3) is 5.91 Å². The number of aliphatic imine (C=N–C) groups is 1. The molecule has 1 aromatic carbocycles. The molecule has 3 aliphatic rings. The lowest BCUT2D eigenvalue weighted by molar-refractivity contribution is -0.114. The zero-order valence-corrected chi connectivity index (χ0v) is 20.4. The molecule has 7 heteroatoms. The number of thioether (sulfide) groups is 1. The zero-order valence-electron chi connectivity index (χ0n) is 19.6. The van der Waals surface area contributed by atoms with Gasteiger partial charge in [-0.25, -0.2) is 0 Å². The summed E-state index contributed by atoms with van der Waals surface area (Å²) in [7, 11) is 0. The van der Waals surface area contributed by atoms with Crippen molar-refractivity contribution in [3.8, 4) is 5.69 Å². The summed E-state index contributed by atoms with van der Waals surface area (Å²) in [4.78, 5) is 17.2. The minimum Gasteiger partial charge on any atom is -0.318 e. The van der Waals surface area contributed by atoms with Gasteiger partial charge in [0, 0.05) is 23.0 Å². The van der Waals surface area contributed by atoms with Crippen molar-refractivity contribution in [1.82, 2.24) is 9.58 Å². The minimum atomic E-state index is -0.365. The van der Waals surface area contributed by atoms with E-state index in [1.807, 2.05) is 0 Å². The Kier molecular flexibility index (Phi) is 5.60. The summed E-state index contributed by atoms with van der Waals surface area (Å²) >= 11 is 1.46.